The molecule has 1 aromatic carbocycles. The van der Waals surface area contributed by atoms with E-state index in [0.717, 1.165) is 0 Å². The second-order valence-corrected chi connectivity index (χ2v) is 4.01. The van der Waals surface area contributed by atoms with Crippen molar-refractivity contribution in [1.82, 2.24) is 9.78 Å². The number of aromatic amines is 1. The van der Waals surface area contributed by atoms with Crippen molar-refractivity contribution in [3.05, 3.63) is 45.1 Å². The summed E-state index contributed by atoms with van der Waals surface area (Å²) in [6.45, 7) is 1.77. The summed E-state index contributed by atoms with van der Waals surface area (Å²) in [6.07, 6.45) is 0. The third-order valence-corrected chi connectivity index (χ3v) is 2.74. The van der Waals surface area contributed by atoms with E-state index in [-0.39, 0.29) is 10.6 Å². The smallest absolute Gasteiger partial charge is 0.274 e. The average Bonchev–Trinajstić information content (AvgIpc) is 2.43. The molecule has 0 aliphatic heterocycles. The van der Waals surface area contributed by atoms with E-state index in [9.17, 15) is 9.18 Å². The van der Waals surface area contributed by atoms with Crippen molar-refractivity contribution in [2.24, 2.45) is 7.05 Å². The summed E-state index contributed by atoms with van der Waals surface area (Å²) in [5, 5.41) is 3.10. The van der Waals surface area contributed by atoms with Crippen LogP contribution in [0.2, 0.25) is 5.02 Å². The Morgan fingerprint density at radius 3 is 2.62 bits per heavy atom. The lowest BCUT2D eigenvalue weighted by Crippen LogP contribution is -2.13. The summed E-state index contributed by atoms with van der Waals surface area (Å²) in [7, 11) is 1.62. The number of aryl methyl sites for hydroxylation is 2. The van der Waals surface area contributed by atoms with Crippen molar-refractivity contribution < 1.29 is 4.39 Å². The maximum absolute atomic E-state index is 12.9. The van der Waals surface area contributed by atoms with Crippen LogP contribution in [0.5, 0.6) is 0 Å². The number of hydrogen-bond acceptors (Lipinski definition) is 1. The zero-order valence-corrected chi connectivity index (χ0v) is 9.60. The van der Waals surface area contributed by atoms with Crippen LogP contribution in [-0.2, 0) is 7.05 Å². The van der Waals surface area contributed by atoms with Crippen LogP contribution in [0.4, 0.5) is 4.39 Å². The Bertz CT molecular complexity index is 601. The fourth-order valence-electron chi connectivity index (χ4n) is 1.70. The van der Waals surface area contributed by atoms with E-state index < -0.39 is 5.82 Å². The molecule has 1 heterocycles. The third kappa shape index (κ3) is 1.65. The first-order chi connectivity index (χ1) is 7.50. The summed E-state index contributed by atoms with van der Waals surface area (Å²) in [6, 6.07) is 3.99. The standard InChI is InChI=1S/C11H10ClFN2O/c1-6-10(11(16)15(2)14-6)8-4-3-7(13)5-9(8)12/h3-5,14H,1-2H3. The molecule has 0 saturated carbocycles. The Kier molecular flexibility index (Phi) is 2.59. The summed E-state index contributed by atoms with van der Waals surface area (Å²) in [5.74, 6) is -0.418. The van der Waals surface area contributed by atoms with E-state index in [1.165, 1.54) is 22.9 Å². The van der Waals surface area contributed by atoms with E-state index in [2.05, 4.69) is 5.10 Å². The maximum atomic E-state index is 12.9. The van der Waals surface area contributed by atoms with Crippen LogP contribution in [0.25, 0.3) is 11.1 Å². The van der Waals surface area contributed by atoms with Gasteiger partial charge in [0, 0.05) is 18.3 Å². The highest BCUT2D eigenvalue weighted by molar-refractivity contribution is 6.33. The fraction of sp³-hybridized carbons (Fsp3) is 0.182. The summed E-state index contributed by atoms with van der Waals surface area (Å²) in [4.78, 5) is 11.8. The minimum absolute atomic E-state index is 0.175. The number of benzene rings is 1. The molecular weight excluding hydrogens is 231 g/mol. The molecule has 0 radical (unpaired) electrons. The predicted octanol–water partition coefficient (Wildman–Crippen LogP) is 2.48. The second-order valence-electron chi connectivity index (χ2n) is 3.60. The molecule has 0 saturated heterocycles. The van der Waals surface area contributed by atoms with Gasteiger partial charge in [-0.3, -0.25) is 14.6 Å². The van der Waals surface area contributed by atoms with Crippen LogP contribution in [-0.4, -0.2) is 9.78 Å². The molecule has 1 aromatic heterocycles. The molecule has 0 fully saturated rings. The molecular formula is C11H10ClFN2O. The quantitative estimate of drug-likeness (QED) is 0.817. The van der Waals surface area contributed by atoms with Gasteiger partial charge in [-0.15, -0.1) is 0 Å². The molecule has 2 rings (SSSR count). The summed E-state index contributed by atoms with van der Waals surface area (Å²) >= 11 is 5.92. The van der Waals surface area contributed by atoms with E-state index in [1.807, 2.05) is 0 Å². The van der Waals surface area contributed by atoms with Gasteiger partial charge < -0.3 is 0 Å². The average molecular weight is 241 g/mol. The van der Waals surface area contributed by atoms with Crippen LogP contribution in [0, 0.1) is 12.7 Å². The number of nitrogens with zero attached hydrogens (tertiary/aromatic N) is 1. The molecule has 0 unspecified atom stereocenters. The summed E-state index contributed by atoms with van der Waals surface area (Å²) in [5.41, 5.74) is 1.56. The molecule has 1 N–H and O–H groups in total. The van der Waals surface area contributed by atoms with Gasteiger partial charge in [0.15, 0.2) is 0 Å². The Morgan fingerprint density at radius 2 is 2.12 bits per heavy atom. The molecule has 3 nitrogen and oxygen atoms in total. The van der Waals surface area contributed by atoms with Gasteiger partial charge in [-0.25, -0.2) is 4.39 Å². The highest BCUT2D eigenvalue weighted by atomic mass is 35.5. The van der Waals surface area contributed by atoms with Crippen LogP contribution >= 0.6 is 11.6 Å². The van der Waals surface area contributed by atoms with Crippen molar-refractivity contribution in [2.45, 2.75) is 6.92 Å². The molecule has 5 heteroatoms. The molecule has 0 aliphatic carbocycles. The van der Waals surface area contributed by atoms with Crippen molar-refractivity contribution >= 4 is 11.6 Å². The van der Waals surface area contributed by atoms with Gasteiger partial charge in [0.2, 0.25) is 0 Å². The Labute approximate surface area is 96.5 Å². The van der Waals surface area contributed by atoms with Gasteiger partial charge in [-0.1, -0.05) is 11.6 Å². The topological polar surface area (TPSA) is 37.8 Å². The van der Waals surface area contributed by atoms with Gasteiger partial charge in [-0.2, -0.15) is 0 Å². The van der Waals surface area contributed by atoms with E-state index in [1.54, 1.807) is 14.0 Å². The van der Waals surface area contributed by atoms with Crippen molar-refractivity contribution in [3.8, 4) is 11.1 Å². The highest BCUT2D eigenvalue weighted by Crippen LogP contribution is 2.27. The molecule has 0 spiro atoms. The molecule has 0 bridgehead atoms. The monoisotopic (exact) mass is 240 g/mol. The number of rotatable bonds is 1. The fourth-order valence-corrected chi connectivity index (χ4v) is 1.96. The zero-order valence-electron chi connectivity index (χ0n) is 8.84. The van der Waals surface area contributed by atoms with Gasteiger partial charge >= 0.3 is 0 Å². The lowest BCUT2D eigenvalue weighted by atomic mass is 10.1. The maximum Gasteiger partial charge on any atom is 0.274 e. The molecule has 2 aromatic rings. The first kappa shape index (κ1) is 11.0. The van der Waals surface area contributed by atoms with E-state index >= 15 is 0 Å². The zero-order chi connectivity index (χ0) is 11.9. The van der Waals surface area contributed by atoms with Crippen molar-refractivity contribution in [2.75, 3.05) is 0 Å². The Balaban J connectivity index is 2.72. The molecule has 0 atom stereocenters. The number of halogens is 2. The van der Waals surface area contributed by atoms with E-state index in [0.29, 0.717) is 16.8 Å². The Morgan fingerprint density at radius 1 is 1.44 bits per heavy atom. The minimum atomic E-state index is -0.418. The van der Waals surface area contributed by atoms with Gasteiger partial charge in [0.05, 0.1) is 10.6 Å². The van der Waals surface area contributed by atoms with Crippen LogP contribution in [0.3, 0.4) is 0 Å². The third-order valence-electron chi connectivity index (χ3n) is 2.43. The van der Waals surface area contributed by atoms with Gasteiger partial charge in [-0.05, 0) is 25.1 Å². The second kappa shape index (κ2) is 3.79. The molecule has 84 valence electrons. The lowest BCUT2D eigenvalue weighted by molar-refractivity contribution is 0.628. The normalized spacial score (nSPS) is 10.8. The van der Waals surface area contributed by atoms with Crippen molar-refractivity contribution in [3.63, 3.8) is 0 Å². The van der Waals surface area contributed by atoms with Crippen LogP contribution < -0.4 is 5.56 Å². The van der Waals surface area contributed by atoms with Crippen molar-refractivity contribution in [1.29, 1.82) is 0 Å². The number of aromatic nitrogens is 2. The molecule has 0 aliphatic rings. The van der Waals surface area contributed by atoms with Crippen LogP contribution in [0.1, 0.15) is 5.69 Å². The Hall–Kier alpha value is -1.55. The SMILES string of the molecule is Cc1[nH]n(C)c(=O)c1-c1ccc(F)cc1Cl. The number of nitrogens with one attached hydrogen (secondary N) is 1. The van der Waals surface area contributed by atoms with Gasteiger partial charge in [0.25, 0.3) is 5.56 Å². The number of hydrogen-bond donors (Lipinski definition) is 1. The van der Waals surface area contributed by atoms with E-state index in [4.69, 9.17) is 11.6 Å². The molecule has 0 amide bonds. The van der Waals surface area contributed by atoms with Crippen LogP contribution in [0.15, 0.2) is 23.0 Å². The highest BCUT2D eigenvalue weighted by Gasteiger charge is 2.14. The first-order valence-electron chi connectivity index (χ1n) is 4.71. The summed E-state index contributed by atoms with van der Waals surface area (Å²) < 4.78 is 14.3. The number of H-pyrrole nitrogens is 1. The lowest BCUT2D eigenvalue weighted by Gasteiger charge is -2.01. The molecule has 16 heavy (non-hydrogen) atoms. The van der Waals surface area contributed by atoms with Gasteiger partial charge in [0.1, 0.15) is 5.82 Å². The first-order valence-corrected chi connectivity index (χ1v) is 5.09. The predicted molar refractivity (Wildman–Crippen MR) is 61.2 cm³/mol. The minimum Gasteiger partial charge on any atom is -0.300 e. The largest absolute Gasteiger partial charge is 0.300 e.